The van der Waals surface area contributed by atoms with Gasteiger partial charge in [0.1, 0.15) is 0 Å². The average Bonchev–Trinajstić information content (AvgIpc) is 2.98. The van der Waals surface area contributed by atoms with Gasteiger partial charge in [-0.2, -0.15) is 0 Å². The van der Waals surface area contributed by atoms with Crippen LogP contribution in [0.1, 0.15) is 17.5 Å². The van der Waals surface area contributed by atoms with Gasteiger partial charge in [0.05, 0.1) is 27.4 Å². The summed E-state index contributed by atoms with van der Waals surface area (Å²) in [5.74, 6) is 3.73. The lowest BCUT2D eigenvalue weighted by molar-refractivity contribution is 0.297. The van der Waals surface area contributed by atoms with Crippen LogP contribution in [0, 0.1) is 0 Å². The maximum Gasteiger partial charge on any atom is 0.191 e. The molecule has 1 aliphatic heterocycles. The summed E-state index contributed by atoms with van der Waals surface area (Å²) in [6, 6.07) is 11.8. The number of guanidine groups is 1. The maximum atomic E-state index is 5.75. The first-order chi connectivity index (χ1) is 13.7. The highest BCUT2D eigenvalue weighted by molar-refractivity contribution is 5.79. The van der Waals surface area contributed by atoms with E-state index in [1.165, 1.54) is 0 Å². The highest BCUT2D eigenvalue weighted by Crippen LogP contribution is 2.30. The Morgan fingerprint density at radius 3 is 2.21 bits per heavy atom. The number of rotatable bonds is 6. The number of nitrogens with one attached hydrogen (secondary N) is 2. The van der Waals surface area contributed by atoms with E-state index in [9.17, 15) is 0 Å². The zero-order valence-corrected chi connectivity index (χ0v) is 16.6. The Morgan fingerprint density at radius 1 is 0.893 bits per heavy atom. The molecule has 7 nitrogen and oxygen atoms in total. The SMILES string of the molecule is CN=C(NCc1ccc(OC)c(OC)c1)NCc1ccc2c(c1)OCCCO2. The summed E-state index contributed by atoms with van der Waals surface area (Å²) >= 11 is 0. The zero-order valence-electron chi connectivity index (χ0n) is 16.6. The van der Waals surface area contributed by atoms with Crippen molar-refractivity contribution in [2.45, 2.75) is 19.5 Å². The summed E-state index contributed by atoms with van der Waals surface area (Å²) in [5.41, 5.74) is 2.16. The lowest BCUT2D eigenvalue weighted by atomic mass is 10.2. The number of benzene rings is 2. The van der Waals surface area contributed by atoms with Crippen LogP contribution in [0.5, 0.6) is 23.0 Å². The molecule has 0 radical (unpaired) electrons. The van der Waals surface area contributed by atoms with Crippen molar-refractivity contribution >= 4 is 5.96 Å². The molecule has 1 heterocycles. The predicted molar refractivity (Wildman–Crippen MR) is 109 cm³/mol. The minimum Gasteiger partial charge on any atom is -0.493 e. The molecule has 0 unspecified atom stereocenters. The van der Waals surface area contributed by atoms with Crippen LogP contribution in [0.15, 0.2) is 41.4 Å². The predicted octanol–water partition coefficient (Wildman–Crippen LogP) is 2.73. The second kappa shape index (κ2) is 9.73. The van der Waals surface area contributed by atoms with E-state index in [0.29, 0.717) is 43.8 Å². The topological polar surface area (TPSA) is 73.3 Å². The van der Waals surface area contributed by atoms with Gasteiger partial charge in [-0.15, -0.1) is 0 Å². The number of ether oxygens (including phenoxy) is 4. The van der Waals surface area contributed by atoms with Crippen molar-refractivity contribution in [3.05, 3.63) is 47.5 Å². The second-order valence-corrected chi connectivity index (χ2v) is 6.30. The third kappa shape index (κ3) is 5.00. The van der Waals surface area contributed by atoms with E-state index < -0.39 is 0 Å². The number of nitrogens with zero attached hydrogens (tertiary/aromatic N) is 1. The van der Waals surface area contributed by atoms with Crippen molar-refractivity contribution in [3.63, 3.8) is 0 Å². The minimum atomic E-state index is 0.612. The molecule has 28 heavy (non-hydrogen) atoms. The molecule has 7 heteroatoms. The Kier molecular flexibility index (Phi) is 6.84. The normalized spacial score (nSPS) is 13.5. The van der Waals surface area contributed by atoms with Gasteiger partial charge in [0.15, 0.2) is 29.0 Å². The van der Waals surface area contributed by atoms with Gasteiger partial charge in [-0.25, -0.2) is 0 Å². The molecule has 3 rings (SSSR count). The molecule has 0 amide bonds. The molecule has 0 saturated heterocycles. The molecular formula is C21H27N3O4. The quantitative estimate of drug-likeness (QED) is 0.588. The van der Waals surface area contributed by atoms with Crippen molar-refractivity contribution in [2.75, 3.05) is 34.5 Å². The molecule has 0 aromatic heterocycles. The Hall–Kier alpha value is -3.09. The van der Waals surface area contributed by atoms with Crippen molar-refractivity contribution in [1.29, 1.82) is 0 Å². The molecule has 0 atom stereocenters. The van der Waals surface area contributed by atoms with E-state index in [2.05, 4.69) is 15.6 Å². The summed E-state index contributed by atoms with van der Waals surface area (Å²) in [6.45, 7) is 2.61. The molecule has 0 bridgehead atoms. The Morgan fingerprint density at radius 2 is 1.54 bits per heavy atom. The van der Waals surface area contributed by atoms with Gasteiger partial charge in [0.25, 0.3) is 0 Å². The Labute approximate surface area is 165 Å². The van der Waals surface area contributed by atoms with Crippen molar-refractivity contribution in [2.24, 2.45) is 4.99 Å². The molecule has 2 N–H and O–H groups in total. The van der Waals surface area contributed by atoms with E-state index in [1.807, 2.05) is 36.4 Å². The second-order valence-electron chi connectivity index (χ2n) is 6.30. The number of fused-ring (bicyclic) bond motifs is 1. The number of hydrogen-bond acceptors (Lipinski definition) is 5. The van der Waals surface area contributed by atoms with Crippen LogP contribution in [-0.4, -0.2) is 40.4 Å². The summed E-state index contributed by atoms with van der Waals surface area (Å²) in [5, 5.41) is 6.62. The smallest absolute Gasteiger partial charge is 0.191 e. The largest absolute Gasteiger partial charge is 0.493 e. The van der Waals surface area contributed by atoms with E-state index in [1.54, 1.807) is 21.3 Å². The van der Waals surface area contributed by atoms with Crippen LogP contribution in [0.3, 0.4) is 0 Å². The van der Waals surface area contributed by atoms with Crippen LogP contribution in [-0.2, 0) is 13.1 Å². The van der Waals surface area contributed by atoms with Gasteiger partial charge in [0.2, 0.25) is 0 Å². The van der Waals surface area contributed by atoms with Crippen LogP contribution >= 0.6 is 0 Å². The Balaban J connectivity index is 1.56. The van der Waals surface area contributed by atoms with Gasteiger partial charge in [-0.05, 0) is 35.4 Å². The molecule has 0 saturated carbocycles. The van der Waals surface area contributed by atoms with E-state index >= 15 is 0 Å². The fraction of sp³-hybridized carbons (Fsp3) is 0.381. The van der Waals surface area contributed by atoms with Crippen LogP contribution in [0.4, 0.5) is 0 Å². The highest BCUT2D eigenvalue weighted by atomic mass is 16.5. The third-order valence-corrected chi connectivity index (χ3v) is 4.40. The molecule has 0 aliphatic carbocycles. The monoisotopic (exact) mass is 385 g/mol. The summed E-state index contributed by atoms with van der Waals surface area (Å²) in [6.07, 6.45) is 0.898. The molecule has 2 aromatic rings. The van der Waals surface area contributed by atoms with Crippen LogP contribution in [0.2, 0.25) is 0 Å². The number of hydrogen-bond donors (Lipinski definition) is 2. The fourth-order valence-electron chi connectivity index (χ4n) is 2.90. The van der Waals surface area contributed by atoms with Crippen LogP contribution in [0.25, 0.3) is 0 Å². The molecule has 150 valence electrons. The number of aliphatic imine (C=N–C) groups is 1. The Bertz CT molecular complexity index is 823. The minimum absolute atomic E-state index is 0.612. The first kappa shape index (κ1) is 19.7. The summed E-state index contributed by atoms with van der Waals surface area (Å²) in [4.78, 5) is 4.28. The van der Waals surface area contributed by atoms with Gasteiger partial charge >= 0.3 is 0 Å². The highest BCUT2D eigenvalue weighted by Gasteiger charge is 2.11. The van der Waals surface area contributed by atoms with E-state index in [4.69, 9.17) is 18.9 Å². The molecule has 0 spiro atoms. The summed E-state index contributed by atoms with van der Waals surface area (Å²) < 4.78 is 22.0. The number of methoxy groups -OCH3 is 2. The molecule has 0 fully saturated rings. The summed E-state index contributed by atoms with van der Waals surface area (Å²) in [7, 11) is 5.00. The first-order valence-electron chi connectivity index (χ1n) is 9.27. The van der Waals surface area contributed by atoms with Gasteiger partial charge in [0, 0.05) is 26.6 Å². The van der Waals surface area contributed by atoms with Crippen molar-refractivity contribution < 1.29 is 18.9 Å². The third-order valence-electron chi connectivity index (χ3n) is 4.40. The first-order valence-corrected chi connectivity index (χ1v) is 9.27. The van der Waals surface area contributed by atoms with E-state index in [0.717, 1.165) is 29.0 Å². The molecular weight excluding hydrogens is 358 g/mol. The fourth-order valence-corrected chi connectivity index (χ4v) is 2.90. The molecule has 2 aromatic carbocycles. The standard InChI is InChI=1S/C21H27N3O4/c1-22-21(23-13-15-5-7-17(25-2)19(11-15)26-3)24-14-16-6-8-18-20(12-16)28-10-4-9-27-18/h5-8,11-12H,4,9-10,13-14H2,1-3H3,(H2,22,23,24). The lowest BCUT2D eigenvalue weighted by Crippen LogP contribution is -2.36. The average molecular weight is 385 g/mol. The van der Waals surface area contributed by atoms with Crippen LogP contribution < -0.4 is 29.6 Å². The van der Waals surface area contributed by atoms with Crippen molar-refractivity contribution in [3.8, 4) is 23.0 Å². The zero-order chi connectivity index (χ0) is 19.8. The van der Waals surface area contributed by atoms with Gasteiger partial charge in [-0.1, -0.05) is 12.1 Å². The van der Waals surface area contributed by atoms with Gasteiger partial charge in [-0.3, -0.25) is 4.99 Å². The van der Waals surface area contributed by atoms with Crippen molar-refractivity contribution in [1.82, 2.24) is 10.6 Å². The van der Waals surface area contributed by atoms with Gasteiger partial charge < -0.3 is 29.6 Å². The molecule has 1 aliphatic rings. The van der Waals surface area contributed by atoms with E-state index in [-0.39, 0.29) is 0 Å². The maximum absolute atomic E-state index is 5.75. The lowest BCUT2D eigenvalue weighted by Gasteiger charge is -2.14.